The zero-order valence-corrected chi connectivity index (χ0v) is 10.2. The number of hydrogen-bond acceptors (Lipinski definition) is 3. The monoisotopic (exact) mass is 235 g/mol. The molecular weight excluding hydrogens is 218 g/mol. The molecule has 17 heavy (non-hydrogen) atoms. The zero-order chi connectivity index (χ0) is 12.3. The number of para-hydroxylation sites is 1. The molecule has 4 heteroatoms. The summed E-state index contributed by atoms with van der Waals surface area (Å²) >= 11 is 0. The molecule has 0 radical (unpaired) electrons. The highest BCUT2D eigenvalue weighted by Crippen LogP contribution is 2.39. The van der Waals surface area contributed by atoms with Crippen LogP contribution in [-0.4, -0.2) is 26.7 Å². The maximum absolute atomic E-state index is 11.9. The molecule has 0 N–H and O–H groups in total. The van der Waals surface area contributed by atoms with Crippen LogP contribution in [0.4, 0.5) is 5.69 Å². The van der Waals surface area contributed by atoms with Crippen molar-refractivity contribution in [2.45, 2.75) is 19.3 Å². The first-order chi connectivity index (χ1) is 8.27. The van der Waals surface area contributed by atoms with Crippen LogP contribution in [-0.2, 0) is 4.79 Å². The van der Waals surface area contributed by atoms with Crippen molar-refractivity contribution in [1.82, 2.24) is 0 Å². The van der Waals surface area contributed by atoms with Gasteiger partial charge in [0.25, 0.3) is 0 Å². The van der Waals surface area contributed by atoms with E-state index in [9.17, 15) is 4.79 Å². The van der Waals surface area contributed by atoms with Crippen molar-refractivity contribution in [2.24, 2.45) is 0 Å². The molecule has 0 spiro atoms. The number of methoxy groups -OCH3 is 2. The Morgan fingerprint density at radius 2 is 1.76 bits per heavy atom. The van der Waals surface area contributed by atoms with Gasteiger partial charge in [0.05, 0.1) is 14.2 Å². The Hall–Kier alpha value is -1.71. The number of ether oxygens (including phenoxy) is 2. The van der Waals surface area contributed by atoms with Crippen LogP contribution < -0.4 is 14.4 Å². The largest absolute Gasteiger partial charge is 0.494 e. The van der Waals surface area contributed by atoms with Crippen molar-refractivity contribution < 1.29 is 14.3 Å². The van der Waals surface area contributed by atoms with E-state index < -0.39 is 0 Å². The van der Waals surface area contributed by atoms with Crippen LogP contribution in [0.15, 0.2) is 18.2 Å². The molecule has 1 aliphatic heterocycles. The Kier molecular flexibility index (Phi) is 3.52. The third-order valence-electron chi connectivity index (χ3n) is 3.00. The quantitative estimate of drug-likeness (QED) is 0.806. The van der Waals surface area contributed by atoms with E-state index in [2.05, 4.69) is 0 Å². The van der Waals surface area contributed by atoms with Crippen molar-refractivity contribution in [2.75, 3.05) is 25.7 Å². The van der Waals surface area contributed by atoms with Crippen molar-refractivity contribution in [3.63, 3.8) is 0 Å². The molecule has 1 aromatic carbocycles. The highest BCUT2D eigenvalue weighted by Gasteiger charge is 2.25. The van der Waals surface area contributed by atoms with Crippen LogP contribution in [0.2, 0.25) is 0 Å². The fourth-order valence-corrected chi connectivity index (χ4v) is 2.14. The van der Waals surface area contributed by atoms with Gasteiger partial charge in [-0.05, 0) is 25.0 Å². The molecule has 1 saturated heterocycles. The van der Waals surface area contributed by atoms with Gasteiger partial charge in [0.2, 0.25) is 5.91 Å². The van der Waals surface area contributed by atoms with E-state index >= 15 is 0 Å². The van der Waals surface area contributed by atoms with E-state index in [1.165, 1.54) is 0 Å². The Labute approximate surface area is 101 Å². The smallest absolute Gasteiger partial charge is 0.227 e. The molecule has 1 aromatic rings. The summed E-state index contributed by atoms with van der Waals surface area (Å²) in [7, 11) is 3.21. The first kappa shape index (κ1) is 11.8. The lowest BCUT2D eigenvalue weighted by Crippen LogP contribution is -2.35. The highest BCUT2D eigenvalue weighted by atomic mass is 16.5. The molecule has 4 nitrogen and oxygen atoms in total. The van der Waals surface area contributed by atoms with E-state index in [4.69, 9.17) is 9.47 Å². The van der Waals surface area contributed by atoms with Gasteiger partial charge < -0.3 is 14.4 Å². The van der Waals surface area contributed by atoms with Gasteiger partial charge in [0.1, 0.15) is 17.2 Å². The van der Waals surface area contributed by atoms with E-state index in [0.717, 1.165) is 25.1 Å². The van der Waals surface area contributed by atoms with Crippen LogP contribution in [0.25, 0.3) is 0 Å². The van der Waals surface area contributed by atoms with Crippen LogP contribution in [0, 0.1) is 0 Å². The van der Waals surface area contributed by atoms with E-state index in [-0.39, 0.29) is 5.91 Å². The molecule has 0 saturated carbocycles. The van der Waals surface area contributed by atoms with Crippen molar-refractivity contribution in [3.8, 4) is 11.5 Å². The number of benzene rings is 1. The number of anilines is 1. The molecule has 0 aromatic heterocycles. The van der Waals surface area contributed by atoms with E-state index in [0.29, 0.717) is 17.9 Å². The number of nitrogens with zero attached hydrogens (tertiary/aromatic N) is 1. The summed E-state index contributed by atoms with van der Waals surface area (Å²) in [5, 5.41) is 0. The van der Waals surface area contributed by atoms with Gasteiger partial charge in [-0.3, -0.25) is 4.79 Å². The standard InChI is InChI=1S/C13H17NO3/c1-16-10-6-5-7-11(17-2)13(10)14-9-4-3-8-12(14)15/h5-7H,3-4,8-9H2,1-2H3. The van der Waals surface area contributed by atoms with Crippen LogP contribution in [0.5, 0.6) is 11.5 Å². The lowest BCUT2D eigenvalue weighted by atomic mass is 10.1. The average molecular weight is 235 g/mol. The van der Waals surface area contributed by atoms with Gasteiger partial charge in [-0.2, -0.15) is 0 Å². The Balaban J connectivity index is 2.44. The predicted molar refractivity (Wildman–Crippen MR) is 65.8 cm³/mol. The summed E-state index contributed by atoms with van der Waals surface area (Å²) in [5.41, 5.74) is 0.752. The SMILES string of the molecule is COc1cccc(OC)c1N1CCCCC1=O. The minimum atomic E-state index is 0.138. The van der Waals surface area contributed by atoms with Crippen LogP contribution in [0.1, 0.15) is 19.3 Å². The van der Waals surface area contributed by atoms with Gasteiger partial charge in [-0.1, -0.05) is 6.07 Å². The molecule has 0 atom stereocenters. The molecule has 1 aliphatic rings. The van der Waals surface area contributed by atoms with Crippen molar-refractivity contribution >= 4 is 11.6 Å². The first-order valence-corrected chi connectivity index (χ1v) is 5.79. The fourth-order valence-electron chi connectivity index (χ4n) is 2.14. The molecule has 0 aliphatic carbocycles. The molecule has 1 amide bonds. The molecule has 0 bridgehead atoms. The molecule has 0 unspecified atom stereocenters. The minimum Gasteiger partial charge on any atom is -0.494 e. The Morgan fingerprint density at radius 3 is 2.29 bits per heavy atom. The highest BCUT2D eigenvalue weighted by molar-refractivity contribution is 5.97. The zero-order valence-electron chi connectivity index (χ0n) is 10.2. The topological polar surface area (TPSA) is 38.8 Å². The lowest BCUT2D eigenvalue weighted by molar-refractivity contribution is -0.119. The molecular formula is C13H17NO3. The predicted octanol–water partition coefficient (Wildman–Crippen LogP) is 2.22. The summed E-state index contributed by atoms with van der Waals surface area (Å²) in [5.74, 6) is 1.50. The van der Waals surface area contributed by atoms with E-state index in [1.807, 2.05) is 18.2 Å². The second-order valence-corrected chi connectivity index (χ2v) is 4.01. The fraction of sp³-hybridized carbons (Fsp3) is 0.462. The summed E-state index contributed by atoms with van der Waals surface area (Å²) in [6.07, 6.45) is 2.58. The maximum atomic E-state index is 11.9. The molecule has 2 rings (SSSR count). The lowest BCUT2D eigenvalue weighted by Gasteiger charge is -2.29. The molecule has 92 valence electrons. The number of hydrogen-bond donors (Lipinski definition) is 0. The van der Waals surface area contributed by atoms with Crippen LogP contribution >= 0.6 is 0 Å². The Morgan fingerprint density at radius 1 is 1.12 bits per heavy atom. The summed E-state index contributed by atoms with van der Waals surface area (Å²) in [6, 6.07) is 5.55. The van der Waals surface area contributed by atoms with Gasteiger partial charge in [-0.15, -0.1) is 0 Å². The first-order valence-electron chi connectivity index (χ1n) is 5.79. The normalized spacial score (nSPS) is 15.9. The number of carbonyl (C=O) groups is 1. The van der Waals surface area contributed by atoms with E-state index in [1.54, 1.807) is 19.1 Å². The summed E-state index contributed by atoms with van der Waals surface area (Å²) < 4.78 is 10.6. The third kappa shape index (κ3) is 2.20. The van der Waals surface area contributed by atoms with Crippen molar-refractivity contribution in [3.05, 3.63) is 18.2 Å². The second kappa shape index (κ2) is 5.08. The summed E-state index contributed by atoms with van der Waals surface area (Å²) in [4.78, 5) is 13.7. The number of carbonyl (C=O) groups excluding carboxylic acids is 1. The van der Waals surface area contributed by atoms with Gasteiger partial charge >= 0.3 is 0 Å². The van der Waals surface area contributed by atoms with Gasteiger partial charge in [0.15, 0.2) is 0 Å². The third-order valence-corrected chi connectivity index (χ3v) is 3.00. The average Bonchev–Trinajstić information content (AvgIpc) is 2.38. The molecule has 1 heterocycles. The van der Waals surface area contributed by atoms with Gasteiger partial charge in [-0.25, -0.2) is 0 Å². The Bertz CT molecular complexity index is 395. The van der Waals surface area contributed by atoms with Gasteiger partial charge in [0, 0.05) is 13.0 Å². The minimum absolute atomic E-state index is 0.138. The number of piperidine rings is 1. The second-order valence-electron chi connectivity index (χ2n) is 4.01. The van der Waals surface area contributed by atoms with Crippen molar-refractivity contribution in [1.29, 1.82) is 0 Å². The number of amides is 1. The maximum Gasteiger partial charge on any atom is 0.227 e. The molecule has 1 fully saturated rings. The van der Waals surface area contributed by atoms with Crippen LogP contribution in [0.3, 0.4) is 0 Å². The summed E-state index contributed by atoms with van der Waals surface area (Å²) in [6.45, 7) is 0.732. The number of rotatable bonds is 3.